The van der Waals surface area contributed by atoms with E-state index in [0.29, 0.717) is 16.0 Å². The molecule has 0 spiro atoms. The topological polar surface area (TPSA) is 12.9 Å². The molecule has 1 aromatic carbocycles. The molecule has 0 fully saturated rings. The van der Waals surface area contributed by atoms with Crippen LogP contribution in [-0.4, -0.2) is 4.98 Å². The molecule has 2 rings (SSSR count). The number of benzene rings is 1. The smallest absolute Gasteiger partial charge is 0.0971 e. The second-order valence-electron chi connectivity index (χ2n) is 4.24. The van der Waals surface area contributed by atoms with Gasteiger partial charge in [-0.25, -0.2) is 4.98 Å². The van der Waals surface area contributed by atoms with Gasteiger partial charge in [-0.05, 0) is 23.6 Å². The summed E-state index contributed by atoms with van der Waals surface area (Å²) in [6.07, 6.45) is 2.77. The lowest BCUT2D eigenvalue weighted by Crippen LogP contribution is -1.86. The SMILES string of the molecule is CC(C)c1cnc(Cc2ccc(Cl)c(Cl)c2)s1. The van der Waals surface area contributed by atoms with Crippen molar-refractivity contribution in [2.75, 3.05) is 0 Å². The lowest BCUT2D eigenvalue weighted by molar-refractivity contribution is 0.885. The number of nitrogens with zero attached hydrogens (tertiary/aromatic N) is 1. The molecule has 2 aromatic rings. The maximum absolute atomic E-state index is 5.99. The fraction of sp³-hybridized carbons (Fsp3) is 0.308. The maximum atomic E-state index is 5.99. The van der Waals surface area contributed by atoms with Gasteiger partial charge in [0.2, 0.25) is 0 Å². The Labute approximate surface area is 115 Å². The van der Waals surface area contributed by atoms with Gasteiger partial charge in [0, 0.05) is 17.5 Å². The monoisotopic (exact) mass is 285 g/mol. The van der Waals surface area contributed by atoms with Crippen LogP contribution < -0.4 is 0 Å². The summed E-state index contributed by atoms with van der Waals surface area (Å²) in [5.41, 5.74) is 1.14. The minimum Gasteiger partial charge on any atom is -0.249 e. The molecule has 90 valence electrons. The zero-order chi connectivity index (χ0) is 12.4. The van der Waals surface area contributed by atoms with Crippen LogP contribution in [0.1, 0.15) is 35.2 Å². The fourth-order valence-corrected chi connectivity index (χ4v) is 2.78. The van der Waals surface area contributed by atoms with E-state index >= 15 is 0 Å². The molecule has 1 aromatic heterocycles. The van der Waals surface area contributed by atoms with E-state index in [0.717, 1.165) is 17.0 Å². The molecule has 0 bridgehead atoms. The zero-order valence-corrected chi connectivity index (χ0v) is 12.0. The van der Waals surface area contributed by atoms with Crippen LogP contribution in [0.25, 0.3) is 0 Å². The number of halogens is 2. The fourth-order valence-electron chi connectivity index (χ4n) is 1.50. The van der Waals surface area contributed by atoms with Crippen molar-refractivity contribution >= 4 is 34.5 Å². The minimum atomic E-state index is 0.537. The first-order chi connectivity index (χ1) is 8.06. The molecule has 0 atom stereocenters. The Kier molecular flexibility index (Phi) is 4.08. The second kappa shape index (κ2) is 5.38. The minimum absolute atomic E-state index is 0.537. The summed E-state index contributed by atoms with van der Waals surface area (Å²) in [6.45, 7) is 4.35. The largest absolute Gasteiger partial charge is 0.249 e. The number of rotatable bonds is 3. The highest BCUT2D eigenvalue weighted by atomic mass is 35.5. The summed E-state index contributed by atoms with van der Waals surface area (Å²) in [5.74, 6) is 0.537. The van der Waals surface area contributed by atoms with Gasteiger partial charge in [-0.15, -0.1) is 11.3 Å². The molecular formula is C13H13Cl2NS. The van der Waals surface area contributed by atoms with Crippen LogP contribution in [0.3, 0.4) is 0 Å². The van der Waals surface area contributed by atoms with E-state index in [4.69, 9.17) is 23.2 Å². The average Bonchev–Trinajstić information content (AvgIpc) is 2.72. The van der Waals surface area contributed by atoms with Crippen LogP contribution in [-0.2, 0) is 6.42 Å². The molecule has 0 radical (unpaired) electrons. The van der Waals surface area contributed by atoms with Crippen LogP contribution in [0.15, 0.2) is 24.4 Å². The van der Waals surface area contributed by atoms with Crippen molar-refractivity contribution in [3.63, 3.8) is 0 Å². The Morgan fingerprint density at radius 2 is 2.00 bits per heavy atom. The van der Waals surface area contributed by atoms with Crippen molar-refractivity contribution in [3.05, 3.63) is 49.9 Å². The predicted molar refractivity (Wildman–Crippen MR) is 75.5 cm³/mol. The van der Waals surface area contributed by atoms with Gasteiger partial charge < -0.3 is 0 Å². The summed E-state index contributed by atoms with van der Waals surface area (Å²) in [6, 6.07) is 5.72. The van der Waals surface area contributed by atoms with Gasteiger partial charge in [0.25, 0.3) is 0 Å². The van der Waals surface area contributed by atoms with E-state index in [2.05, 4.69) is 18.8 Å². The highest BCUT2D eigenvalue weighted by Gasteiger charge is 2.07. The van der Waals surface area contributed by atoms with E-state index in [1.807, 2.05) is 24.4 Å². The molecule has 0 aliphatic heterocycles. The number of hydrogen-bond acceptors (Lipinski definition) is 2. The summed E-state index contributed by atoms with van der Waals surface area (Å²) in [4.78, 5) is 5.75. The third-order valence-corrected chi connectivity index (χ3v) is 4.52. The van der Waals surface area contributed by atoms with Crippen molar-refractivity contribution in [2.24, 2.45) is 0 Å². The first-order valence-electron chi connectivity index (χ1n) is 5.45. The van der Waals surface area contributed by atoms with E-state index in [1.165, 1.54) is 4.88 Å². The quantitative estimate of drug-likeness (QED) is 0.759. The second-order valence-corrected chi connectivity index (χ2v) is 6.20. The molecule has 17 heavy (non-hydrogen) atoms. The van der Waals surface area contributed by atoms with Gasteiger partial charge >= 0.3 is 0 Å². The molecule has 1 nitrogen and oxygen atoms in total. The Hall–Kier alpha value is -0.570. The van der Waals surface area contributed by atoms with E-state index in [1.54, 1.807) is 11.3 Å². The van der Waals surface area contributed by atoms with Crippen molar-refractivity contribution in [2.45, 2.75) is 26.2 Å². The van der Waals surface area contributed by atoms with E-state index < -0.39 is 0 Å². The first-order valence-corrected chi connectivity index (χ1v) is 7.02. The summed E-state index contributed by atoms with van der Waals surface area (Å²) < 4.78 is 0. The van der Waals surface area contributed by atoms with Gasteiger partial charge in [0.1, 0.15) is 0 Å². The summed E-state index contributed by atoms with van der Waals surface area (Å²) >= 11 is 13.6. The molecule has 0 aliphatic rings. The van der Waals surface area contributed by atoms with Crippen molar-refractivity contribution < 1.29 is 0 Å². The number of aromatic nitrogens is 1. The molecular weight excluding hydrogens is 273 g/mol. The van der Waals surface area contributed by atoms with Crippen LogP contribution in [0.4, 0.5) is 0 Å². The van der Waals surface area contributed by atoms with E-state index in [-0.39, 0.29) is 0 Å². The van der Waals surface area contributed by atoms with Gasteiger partial charge in [-0.1, -0.05) is 43.1 Å². The Balaban J connectivity index is 2.16. The van der Waals surface area contributed by atoms with Crippen LogP contribution in [0.2, 0.25) is 10.0 Å². The third-order valence-electron chi connectivity index (χ3n) is 2.48. The Morgan fingerprint density at radius 3 is 2.59 bits per heavy atom. The molecule has 0 amide bonds. The average molecular weight is 286 g/mol. The molecule has 0 aliphatic carbocycles. The van der Waals surface area contributed by atoms with E-state index in [9.17, 15) is 0 Å². The Bertz CT molecular complexity index is 520. The van der Waals surface area contributed by atoms with Gasteiger partial charge in [-0.2, -0.15) is 0 Å². The summed E-state index contributed by atoms with van der Waals surface area (Å²) in [7, 11) is 0. The van der Waals surface area contributed by atoms with Crippen molar-refractivity contribution in [1.29, 1.82) is 0 Å². The van der Waals surface area contributed by atoms with Gasteiger partial charge in [0.05, 0.1) is 15.1 Å². The Morgan fingerprint density at radius 1 is 1.24 bits per heavy atom. The van der Waals surface area contributed by atoms with Crippen LogP contribution >= 0.6 is 34.5 Å². The highest BCUT2D eigenvalue weighted by molar-refractivity contribution is 7.11. The molecule has 0 saturated carbocycles. The van der Waals surface area contributed by atoms with Gasteiger partial charge in [0.15, 0.2) is 0 Å². The molecule has 4 heteroatoms. The van der Waals surface area contributed by atoms with Gasteiger partial charge in [-0.3, -0.25) is 0 Å². The predicted octanol–water partition coefficient (Wildman–Crippen LogP) is 5.16. The standard InChI is InChI=1S/C13H13Cl2NS/c1-8(2)12-7-16-13(17-12)6-9-3-4-10(14)11(15)5-9/h3-5,7-8H,6H2,1-2H3. The highest BCUT2D eigenvalue weighted by Crippen LogP contribution is 2.26. The van der Waals surface area contributed by atoms with Crippen LogP contribution in [0.5, 0.6) is 0 Å². The normalized spacial score (nSPS) is 11.1. The van der Waals surface area contributed by atoms with Crippen LogP contribution in [0, 0.1) is 0 Å². The molecule has 0 saturated heterocycles. The molecule has 0 unspecified atom stereocenters. The zero-order valence-electron chi connectivity index (χ0n) is 9.71. The maximum Gasteiger partial charge on any atom is 0.0971 e. The van der Waals surface area contributed by atoms with Crippen molar-refractivity contribution in [3.8, 4) is 0 Å². The number of thiazole rings is 1. The number of hydrogen-bond donors (Lipinski definition) is 0. The van der Waals surface area contributed by atoms with Crippen molar-refractivity contribution in [1.82, 2.24) is 4.98 Å². The summed E-state index contributed by atoms with van der Waals surface area (Å²) in [5, 5.41) is 2.31. The lowest BCUT2D eigenvalue weighted by atomic mass is 10.2. The first kappa shape index (κ1) is 12.9. The lowest BCUT2D eigenvalue weighted by Gasteiger charge is -2.01. The molecule has 0 N–H and O–H groups in total. The molecule has 1 heterocycles. The third kappa shape index (κ3) is 3.21.